The van der Waals surface area contributed by atoms with Crippen LogP contribution in [-0.4, -0.2) is 29.7 Å². The Bertz CT molecular complexity index is 1830. The predicted molar refractivity (Wildman–Crippen MR) is 158 cm³/mol. The fourth-order valence-corrected chi connectivity index (χ4v) is 4.64. The largest absolute Gasteiger partial charge is 0.490 e. The van der Waals surface area contributed by atoms with Crippen molar-refractivity contribution in [3.8, 4) is 22.6 Å². The topological polar surface area (TPSA) is 92.8 Å². The van der Waals surface area contributed by atoms with Crippen molar-refractivity contribution in [2.45, 2.75) is 20.0 Å². The summed E-state index contributed by atoms with van der Waals surface area (Å²) in [7, 11) is 0. The average Bonchev–Trinajstić information content (AvgIpc) is 3.38. The van der Waals surface area contributed by atoms with E-state index < -0.39 is 23.6 Å². The number of alkyl halides is 3. The van der Waals surface area contributed by atoms with E-state index in [1.165, 1.54) is 18.3 Å². The molecule has 1 amide bonds. The summed E-state index contributed by atoms with van der Waals surface area (Å²) in [4.78, 5) is 28.6. The number of nitrogens with one attached hydrogen (secondary N) is 2. The highest BCUT2D eigenvalue weighted by molar-refractivity contribution is 6.10. The van der Waals surface area contributed by atoms with Gasteiger partial charge in [0.2, 0.25) is 0 Å². The van der Waals surface area contributed by atoms with Crippen LogP contribution in [-0.2, 0) is 6.18 Å². The van der Waals surface area contributed by atoms with Gasteiger partial charge in [0.15, 0.2) is 11.5 Å². The van der Waals surface area contributed by atoms with E-state index in [-0.39, 0.29) is 22.3 Å². The Morgan fingerprint density at radius 1 is 0.930 bits per heavy atom. The van der Waals surface area contributed by atoms with Crippen LogP contribution in [0.5, 0.6) is 11.5 Å². The molecule has 10 heteroatoms. The summed E-state index contributed by atoms with van der Waals surface area (Å²) in [5.74, 6) is -0.770. The normalized spacial score (nSPS) is 11.6. The number of aromatic amines is 1. The van der Waals surface area contributed by atoms with Gasteiger partial charge in [0, 0.05) is 10.9 Å². The zero-order valence-electron chi connectivity index (χ0n) is 23.2. The van der Waals surface area contributed by atoms with Gasteiger partial charge in [-0.15, -0.1) is 0 Å². The van der Waals surface area contributed by atoms with Crippen LogP contribution in [0.2, 0.25) is 0 Å². The third-order valence-electron chi connectivity index (χ3n) is 6.53. The van der Waals surface area contributed by atoms with Gasteiger partial charge in [0.1, 0.15) is 5.69 Å². The first kappa shape index (κ1) is 29.1. The van der Waals surface area contributed by atoms with Crippen LogP contribution >= 0.6 is 0 Å². The van der Waals surface area contributed by atoms with Gasteiger partial charge in [-0.3, -0.25) is 4.79 Å². The van der Waals surface area contributed by atoms with Crippen molar-refractivity contribution in [2.24, 2.45) is 5.10 Å². The highest BCUT2D eigenvalue weighted by Gasteiger charge is 2.34. The number of amides is 1. The molecule has 0 aliphatic heterocycles. The van der Waals surface area contributed by atoms with Gasteiger partial charge in [0.25, 0.3) is 5.91 Å². The fraction of sp³-hybridized carbons (Fsp3) is 0.121. The lowest BCUT2D eigenvalue weighted by molar-refractivity contribution is -0.136. The van der Waals surface area contributed by atoms with E-state index in [1.807, 2.05) is 13.0 Å². The van der Waals surface area contributed by atoms with E-state index in [0.29, 0.717) is 34.6 Å². The number of H-pyrrole nitrogens is 1. The van der Waals surface area contributed by atoms with Crippen molar-refractivity contribution >= 4 is 29.0 Å². The maximum Gasteiger partial charge on any atom is 0.418 e. The molecule has 0 spiro atoms. The number of aromatic nitrogens is 1. The van der Waals surface area contributed by atoms with Gasteiger partial charge >= 0.3 is 12.1 Å². The van der Waals surface area contributed by atoms with Crippen LogP contribution in [0.15, 0.2) is 96.1 Å². The van der Waals surface area contributed by atoms with E-state index in [9.17, 15) is 22.8 Å². The lowest BCUT2D eigenvalue weighted by Gasteiger charge is -2.11. The Morgan fingerprint density at radius 2 is 1.70 bits per heavy atom. The number of benzene rings is 4. The van der Waals surface area contributed by atoms with Gasteiger partial charge in [-0.1, -0.05) is 60.2 Å². The Morgan fingerprint density at radius 3 is 2.42 bits per heavy atom. The molecule has 218 valence electrons. The molecule has 43 heavy (non-hydrogen) atoms. The standard InChI is InChI=1S/C33H26F3N3O4/c1-3-42-27-18-21(15-16-26(27)43-32(41)23-12-7-9-20(2)17-23)19-37-39-31(40)30-28(22-10-5-4-6-11-22)24-13-8-14-25(29(24)38-30)33(34,35)36/h4-19,38H,3H2,1-2H3,(H,39,40). The van der Waals surface area contributed by atoms with Crippen molar-refractivity contribution in [3.05, 3.63) is 119 Å². The minimum absolute atomic E-state index is 0.0662. The molecule has 1 heterocycles. The fourth-order valence-electron chi connectivity index (χ4n) is 4.64. The number of hydrogen-bond acceptors (Lipinski definition) is 5. The summed E-state index contributed by atoms with van der Waals surface area (Å²) in [5, 5.41) is 4.27. The minimum atomic E-state index is -4.62. The van der Waals surface area contributed by atoms with Crippen molar-refractivity contribution < 1.29 is 32.2 Å². The number of rotatable bonds is 8. The Balaban J connectivity index is 1.40. The number of ether oxygens (including phenoxy) is 2. The second kappa shape index (κ2) is 12.2. The molecule has 0 bridgehead atoms. The number of esters is 1. The molecular weight excluding hydrogens is 559 g/mol. The predicted octanol–water partition coefficient (Wildman–Crippen LogP) is 7.54. The van der Waals surface area contributed by atoms with Gasteiger partial charge in [-0.25, -0.2) is 10.2 Å². The Labute approximate surface area is 245 Å². The van der Waals surface area contributed by atoms with Gasteiger partial charge < -0.3 is 14.5 Å². The molecular formula is C33H26F3N3O4. The number of hydrogen-bond donors (Lipinski definition) is 2. The van der Waals surface area contributed by atoms with E-state index >= 15 is 0 Å². The molecule has 0 unspecified atom stereocenters. The van der Waals surface area contributed by atoms with E-state index in [0.717, 1.165) is 11.6 Å². The molecule has 1 aromatic heterocycles. The average molecular weight is 586 g/mol. The van der Waals surface area contributed by atoms with Crippen molar-refractivity contribution in [1.82, 2.24) is 10.4 Å². The molecule has 0 aliphatic carbocycles. The van der Waals surface area contributed by atoms with Crippen LogP contribution < -0.4 is 14.9 Å². The summed E-state index contributed by atoms with van der Waals surface area (Å²) in [6.07, 6.45) is -3.28. The highest BCUT2D eigenvalue weighted by Crippen LogP contribution is 2.39. The Kier molecular flexibility index (Phi) is 8.29. The molecule has 0 atom stereocenters. The summed E-state index contributed by atoms with van der Waals surface area (Å²) in [6, 6.07) is 24.2. The molecule has 5 aromatic rings. The summed E-state index contributed by atoms with van der Waals surface area (Å²) in [6.45, 7) is 3.95. The van der Waals surface area contributed by atoms with Gasteiger partial charge in [0.05, 0.1) is 29.5 Å². The molecule has 7 nitrogen and oxygen atoms in total. The smallest absolute Gasteiger partial charge is 0.418 e. The molecule has 2 N–H and O–H groups in total. The van der Waals surface area contributed by atoms with E-state index in [4.69, 9.17) is 9.47 Å². The number of carbonyl (C=O) groups excluding carboxylic acids is 2. The first-order valence-electron chi connectivity index (χ1n) is 13.3. The van der Waals surface area contributed by atoms with Crippen LogP contribution in [0.4, 0.5) is 13.2 Å². The van der Waals surface area contributed by atoms with E-state index in [1.54, 1.807) is 73.7 Å². The SMILES string of the molecule is CCOc1cc(C=NNC(=O)c2[nH]c3c(C(F)(F)F)cccc3c2-c2ccccc2)ccc1OC(=O)c1cccc(C)c1. The Hall–Kier alpha value is -5.38. The van der Waals surface area contributed by atoms with Crippen molar-refractivity contribution in [3.63, 3.8) is 0 Å². The van der Waals surface area contributed by atoms with Crippen LogP contribution in [0.25, 0.3) is 22.0 Å². The number of carbonyl (C=O) groups is 2. The summed E-state index contributed by atoms with van der Waals surface area (Å²) < 4.78 is 52.5. The number of para-hydroxylation sites is 1. The summed E-state index contributed by atoms with van der Waals surface area (Å²) >= 11 is 0. The third-order valence-corrected chi connectivity index (χ3v) is 6.53. The maximum atomic E-state index is 13.8. The molecule has 5 rings (SSSR count). The molecule has 4 aromatic carbocycles. The molecule has 0 saturated carbocycles. The zero-order chi connectivity index (χ0) is 30.6. The number of fused-ring (bicyclic) bond motifs is 1. The highest BCUT2D eigenvalue weighted by atomic mass is 19.4. The summed E-state index contributed by atoms with van der Waals surface area (Å²) in [5.41, 5.74) is 3.97. The lowest BCUT2D eigenvalue weighted by Crippen LogP contribution is -2.19. The zero-order valence-corrected chi connectivity index (χ0v) is 23.2. The molecule has 0 saturated heterocycles. The lowest BCUT2D eigenvalue weighted by atomic mass is 10.0. The van der Waals surface area contributed by atoms with Crippen LogP contribution in [0, 0.1) is 6.92 Å². The quantitative estimate of drug-likeness (QED) is 0.0852. The molecule has 0 radical (unpaired) electrons. The van der Waals surface area contributed by atoms with Gasteiger partial charge in [-0.05, 0) is 61.4 Å². The maximum absolute atomic E-state index is 13.8. The minimum Gasteiger partial charge on any atom is -0.490 e. The van der Waals surface area contributed by atoms with Crippen molar-refractivity contribution in [1.29, 1.82) is 0 Å². The number of nitrogens with zero attached hydrogens (tertiary/aromatic N) is 1. The van der Waals surface area contributed by atoms with E-state index in [2.05, 4.69) is 15.5 Å². The number of aryl methyl sites for hydroxylation is 1. The second-order valence-electron chi connectivity index (χ2n) is 9.56. The monoisotopic (exact) mass is 585 g/mol. The number of hydrazone groups is 1. The van der Waals surface area contributed by atoms with Gasteiger partial charge in [-0.2, -0.15) is 18.3 Å². The molecule has 0 aliphatic rings. The number of halogens is 3. The molecule has 0 fully saturated rings. The van der Waals surface area contributed by atoms with Crippen LogP contribution in [0.1, 0.15) is 44.5 Å². The first-order valence-corrected chi connectivity index (χ1v) is 13.3. The third kappa shape index (κ3) is 6.43. The first-order chi connectivity index (χ1) is 20.7. The second-order valence-corrected chi connectivity index (χ2v) is 9.56. The van der Waals surface area contributed by atoms with Crippen LogP contribution in [0.3, 0.4) is 0 Å². The van der Waals surface area contributed by atoms with Crippen molar-refractivity contribution in [2.75, 3.05) is 6.61 Å².